The summed E-state index contributed by atoms with van der Waals surface area (Å²) in [4.78, 5) is 46.2. The van der Waals surface area contributed by atoms with Crippen LogP contribution in [0.3, 0.4) is 0 Å². The van der Waals surface area contributed by atoms with Gasteiger partial charge in [-0.05, 0) is 122 Å². The highest BCUT2D eigenvalue weighted by molar-refractivity contribution is 6.42. The largest absolute Gasteiger partial charge is 0.489 e. The first-order valence-electron chi connectivity index (χ1n) is 19.4. The molecule has 0 bridgehead atoms. The molecule has 59 heavy (non-hydrogen) atoms. The number of aryl methyl sites for hydroxylation is 1. The number of aliphatic carboxylic acids is 1. The standard InChI is InChI=1S/C46H46Cl2N4O7/c1-26-27(2)49-17-16-35(26)30-9-6-28(7-10-30)19-38(44(54)55)50-43(53)39-20-32-21-40-41(22-33(32)23-52(39)45(56)51-46(3,4)5)59-42(25-58-40)31-11-13-34(14-12-31)57-24-29-8-15-36(47)37(48)18-29/h6-18,21-22,38-39,42H,19-20,23-25H2,1-5H3,(H,50,53)(H,51,56)(H,54,55). The van der Waals surface area contributed by atoms with E-state index in [2.05, 4.69) is 15.6 Å². The molecule has 3 atom stereocenters. The van der Waals surface area contributed by atoms with Gasteiger partial charge < -0.3 is 34.9 Å². The smallest absolute Gasteiger partial charge is 0.326 e. The van der Waals surface area contributed by atoms with Gasteiger partial charge in [-0.3, -0.25) is 9.78 Å². The monoisotopic (exact) mass is 836 g/mol. The second-order valence-electron chi connectivity index (χ2n) is 16.0. The maximum absolute atomic E-state index is 14.1. The average molecular weight is 838 g/mol. The fraction of sp³-hybridized carbons (Fsp3) is 0.304. The molecular weight excluding hydrogens is 791 g/mol. The molecule has 13 heteroatoms. The molecule has 11 nitrogen and oxygen atoms in total. The molecule has 0 spiro atoms. The average Bonchev–Trinajstić information content (AvgIpc) is 3.20. The van der Waals surface area contributed by atoms with Gasteiger partial charge in [0.2, 0.25) is 5.91 Å². The van der Waals surface area contributed by atoms with Gasteiger partial charge in [0.1, 0.15) is 31.0 Å². The van der Waals surface area contributed by atoms with Gasteiger partial charge in [-0.25, -0.2) is 9.59 Å². The van der Waals surface area contributed by atoms with Gasteiger partial charge in [-0.2, -0.15) is 0 Å². The summed E-state index contributed by atoms with van der Waals surface area (Å²) in [6.07, 6.45) is 1.57. The topological polar surface area (TPSA) is 139 Å². The van der Waals surface area contributed by atoms with Crippen molar-refractivity contribution in [2.75, 3.05) is 6.61 Å². The van der Waals surface area contributed by atoms with Gasteiger partial charge in [0.15, 0.2) is 17.6 Å². The zero-order valence-electron chi connectivity index (χ0n) is 33.5. The minimum Gasteiger partial charge on any atom is -0.489 e. The fourth-order valence-electron chi connectivity index (χ4n) is 7.21. The van der Waals surface area contributed by atoms with E-state index in [1.54, 1.807) is 18.3 Å². The van der Waals surface area contributed by atoms with Crippen molar-refractivity contribution in [1.29, 1.82) is 0 Å². The molecule has 0 saturated carbocycles. The van der Waals surface area contributed by atoms with Crippen molar-refractivity contribution in [3.05, 3.63) is 140 Å². The van der Waals surface area contributed by atoms with Gasteiger partial charge in [0.25, 0.3) is 0 Å². The molecule has 7 rings (SSSR count). The minimum atomic E-state index is -1.23. The first-order chi connectivity index (χ1) is 28.1. The second kappa shape index (κ2) is 17.2. The van der Waals surface area contributed by atoms with Crippen LogP contribution in [0.15, 0.2) is 91.1 Å². The molecule has 3 heterocycles. The number of fused-ring (bicyclic) bond motifs is 2. The molecule has 0 radical (unpaired) electrons. The Balaban J connectivity index is 1.05. The molecule has 3 amide bonds. The number of aromatic nitrogens is 1. The maximum Gasteiger partial charge on any atom is 0.326 e. The van der Waals surface area contributed by atoms with E-state index in [1.165, 1.54) is 4.90 Å². The zero-order valence-corrected chi connectivity index (χ0v) is 35.0. The number of carboxylic acids is 1. The first kappa shape index (κ1) is 41.4. The van der Waals surface area contributed by atoms with Crippen LogP contribution in [0, 0.1) is 13.8 Å². The van der Waals surface area contributed by atoms with E-state index >= 15 is 0 Å². The second-order valence-corrected chi connectivity index (χ2v) is 16.8. The summed E-state index contributed by atoms with van der Waals surface area (Å²) < 4.78 is 18.6. The number of benzene rings is 4. The van der Waals surface area contributed by atoms with Gasteiger partial charge in [-0.15, -0.1) is 0 Å². The van der Waals surface area contributed by atoms with Gasteiger partial charge >= 0.3 is 12.0 Å². The Bertz CT molecular complexity index is 2380. The lowest BCUT2D eigenvalue weighted by Gasteiger charge is -2.39. The highest BCUT2D eigenvalue weighted by Gasteiger charge is 2.39. The SMILES string of the molecule is Cc1nccc(-c2ccc(CC(NC(=O)C3Cc4cc5c(cc4CN3C(=O)NC(C)(C)C)OC(c3ccc(OCc4ccc(Cl)c(Cl)c4)cc3)CO5)C(=O)O)cc2)c1C. The summed E-state index contributed by atoms with van der Waals surface area (Å²) in [5, 5.41) is 16.9. The van der Waals surface area contributed by atoms with E-state index in [4.69, 9.17) is 37.4 Å². The summed E-state index contributed by atoms with van der Waals surface area (Å²) in [5.41, 5.74) is 7.57. The third-order valence-electron chi connectivity index (χ3n) is 10.5. The maximum atomic E-state index is 14.1. The van der Waals surface area contributed by atoms with E-state index in [1.807, 2.05) is 107 Å². The number of nitrogens with zero attached hydrogens (tertiary/aromatic N) is 2. The number of ether oxygens (including phenoxy) is 3. The molecule has 3 N–H and O–H groups in total. The number of nitrogens with one attached hydrogen (secondary N) is 2. The van der Waals surface area contributed by atoms with Crippen molar-refractivity contribution in [2.24, 2.45) is 0 Å². The van der Waals surface area contributed by atoms with Gasteiger partial charge in [0, 0.05) is 36.8 Å². The molecule has 3 unspecified atom stereocenters. The Kier molecular flexibility index (Phi) is 12.1. The highest BCUT2D eigenvalue weighted by atomic mass is 35.5. The highest BCUT2D eigenvalue weighted by Crippen LogP contribution is 2.41. The van der Waals surface area contributed by atoms with Crippen LogP contribution in [0.2, 0.25) is 10.0 Å². The van der Waals surface area contributed by atoms with Crippen LogP contribution < -0.4 is 24.8 Å². The molecule has 2 aliphatic heterocycles. The summed E-state index contributed by atoms with van der Waals surface area (Å²) in [5.74, 6) is -0.0216. The first-order valence-corrected chi connectivity index (χ1v) is 20.1. The Morgan fingerprint density at radius 3 is 2.32 bits per heavy atom. The third kappa shape index (κ3) is 9.75. The number of carbonyl (C=O) groups excluding carboxylic acids is 2. The Hall–Kier alpha value is -5.78. The van der Waals surface area contributed by atoms with E-state index in [9.17, 15) is 19.5 Å². The Labute approximate surface area is 353 Å². The van der Waals surface area contributed by atoms with Crippen molar-refractivity contribution in [3.63, 3.8) is 0 Å². The van der Waals surface area contributed by atoms with Gasteiger partial charge in [0.05, 0.1) is 10.0 Å². The number of hydrogen-bond acceptors (Lipinski definition) is 7. The molecule has 0 aliphatic carbocycles. The number of halogens is 2. The van der Waals surface area contributed by atoms with Crippen LogP contribution in [0.25, 0.3) is 11.1 Å². The van der Waals surface area contributed by atoms with Crippen molar-refractivity contribution >= 4 is 41.1 Å². The number of pyridine rings is 1. The quantitative estimate of drug-likeness (QED) is 0.127. The van der Waals surface area contributed by atoms with Crippen molar-refractivity contribution in [2.45, 2.75) is 84.3 Å². The zero-order chi connectivity index (χ0) is 42.0. The van der Waals surface area contributed by atoms with E-state index in [0.29, 0.717) is 33.9 Å². The molecule has 1 aromatic heterocycles. The molecule has 2 aliphatic rings. The number of urea groups is 1. The molecule has 5 aromatic rings. The summed E-state index contributed by atoms with van der Waals surface area (Å²) >= 11 is 12.2. The molecular formula is C46H46Cl2N4O7. The summed E-state index contributed by atoms with van der Waals surface area (Å²) in [6.45, 7) is 10.2. The molecule has 4 aromatic carbocycles. The van der Waals surface area contributed by atoms with Crippen molar-refractivity contribution in [3.8, 4) is 28.4 Å². The number of carbonyl (C=O) groups is 3. The van der Waals surface area contributed by atoms with E-state index in [0.717, 1.165) is 50.2 Å². The molecule has 306 valence electrons. The Morgan fingerprint density at radius 1 is 0.915 bits per heavy atom. The lowest BCUT2D eigenvalue weighted by molar-refractivity contribution is -0.142. The van der Waals surface area contributed by atoms with Crippen LogP contribution in [0.1, 0.15) is 65.9 Å². The third-order valence-corrected chi connectivity index (χ3v) is 11.3. The van der Waals surface area contributed by atoms with Gasteiger partial charge in [-0.1, -0.05) is 65.7 Å². The van der Waals surface area contributed by atoms with E-state index < -0.39 is 41.6 Å². The van der Waals surface area contributed by atoms with Crippen molar-refractivity contribution < 1.29 is 33.7 Å². The van der Waals surface area contributed by atoms with Crippen LogP contribution in [0.4, 0.5) is 4.79 Å². The summed E-state index contributed by atoms with van der Waals surface area (Å²) in [6, 6.07) is 23.6. The lowest BCUT2D eigenvalue weighted by Crippen LogP contribution is -2.59. The fourth-order valence-corrected chi connectivity index (χ4v) is 7.53. The van der Waals surface area contributed by atoms with Crippen LogP contribution in [-0.2, 0) is 35.6 Å². The minimum absolute atomic E-state index is 0.0571. The van der Waals surface area contributed by atoms with Crippen molar-refractivity contribution in [1.82, 2.24) is 20.5 Å². The number of hydrogen-bond donors (Lipinski definition) is 3. The van der Waals surface area contributed by atoms with Crippen LogP contribution in [-0.4, -0.2) is 57.1 Å². The van der Waals surface area contributed by atoms with Crippen LogP contribution in [0.5, 0.6) is 17.2 Å². The number of amides is 3. The summed E-state index contributed by atoms with van der Waals surface area (Å²) in [7, 11) is 0. The predicted octanol–water partition coefficient (Wildman–Crippen LogP) is 8.81. The molecule has 0 fully saturated rings. The molecule has 0 saturated heterocycles. The normalized spacial score (nSPS) is 16.4. The number of carboxylic acid groups (broad SMARTS) is 1. The van der Waals surface area contributed by atoms with E-state index in [-0.39, 0.29) is 26.0 Å². The van der Waals surface area contributed by atoms with Crippen LogP contribution >= 0.6 is 23.2 Å². The Morgan fingerprint density at radius 2 is 1.63 bits per heavy atom. The lowest BCUT2D eigenvalue weighted by atomic mass is 9.92. The number of rotatable bonds is 10. The predicted molar refractivity (Wildman–Crippen MR) is 226 cm³/mol.